The maximum Gasteiger partial charge on any atom is 0.186 e. The topological polar surface area (TPSA) is 73.6 Å². The second kappa shape index (κ2) is 6.06. The summed E-state index contributed by atoms with van der Waals surface area (Å²) in [7, 11) is 0. The molecular weight excluding hydrogens is 262 g/mol. The van der Waals surface area contributed by atoms with E-state index in [2.05, 4.69) is 33.8 Å². The van der Waals surface area contributed by atoms with E-state index in [9.17, 15) is 5.26 Å². The molecule has 1 aromatic heterocycles. The minimum atomic E-state index is 0.289. The molecule has 21 heavy (non-hydrogen) atoms. The van der Waals surface area contributed by atoms with Gasteiger partial charge in [0.1, 0.15) is 6.07 Å². The van der Waals surface area contributed by atoms with Crippen molar-refractivity contribution in [3.05, 3.63) is 30.0 Å². The number of aromatic nitrogens is 2. The first-order valence-electron chi connectivity index (χ1n) is 7.42. The predicted molar refractivity (Wildman–Crippen MR) is 82.9 cm³/mol. The summed E-state index contributed by atoms with van der Waals surface area (Å²) in [6.07, 6.45) is 2.41. The Balaban J connectivity index is 1.93. The van der Waals surface area contributed by atoms with E-state index in [4.69, 9.17) is 0 Å². The van der Waals surface area contributed by atoms with Crippen molar-refractivity contribution in [1.29, 1.82) is 5.26 Å². The number of anilines is 1. The minimum Gasteiger partial charge on any atom is -0.379 e. The Kier molecular flexibility index (Phi) is 3.98. The molecule has 0 saturated carbocycles. The predicted octanol–water partition coefficient (Wildman–Crippen LogP) is 2.30. The molecule has 1 saturated heterocycles. The Morgan fingerprint density at radius 1 is 1.38 bits per heavy atom. The van der Waals surface area contributed by atoms with Gasteiger partial charge in [-0.3, -0.25) is 0 Å². The molecule has 1 aromatic carbocycles. The van der Waals surface area contributed by atoms with E-state index in [1.54, 1.807) is 0 Å². The lowest BCUT2D eigenvalue weighted by Crippen LogP contribution is -2.39. The number of hydrogen-bond acceptors (Lipinski definition) is 5. The Labute approximate surface area is 124 Å². The molecule has 108 valence electrons. The van der Waals surface area contributed by atoms with Gasteiger partial charge in [0.25, 0.3) is 0 Å². The summed E-state index contributed by atoms with van der Waals surface area (Å²) in [6, 6.07) is 10.2. The van der Waals surface area contributed by atoms with Gasteiger partial charge in [-0.05, 0) is 44.8 Å². The third kappa shape index (κ3) is 2.81. The van der Waals surface area contributed by atoms with Crippen LogP contribution in [0.25, 0.3) is 10.9 Å². The van der Waals surface area contributed by atoms with Crippen molar-refractivity contribution in [2.75, 3.05) is 18.4 Å². The molecule has 2 aromatic rings. The fourth-order valence-corrected chi connectivity index (χ4v) is 2.93. The number of piperidine rings is 1. The van der Waals surface area contributed by atoms with Gasteiger partial charge in [0.05, 0.1) is 11.2 Å². The monoisotopic (exact) mass is 281 g/mol. The van der Waals surface area contributed by atoms with Crippen LogP contribution in [0, 0.1) is 17.2 Å². The van der Waals surface area contributed by atoms with Crippen molar-refractivity contribution < 1.29 is 0 Å². The Morgan fingerprint density at radius 3 is 3.00 bits per heavy atom. The smallest absolute Gasteiger partial charge is 0.186 e. The minimum absolute atomic E-state index is 0.289. The molecule has 0 spiro atoms. The van der Waals surface area contributed by atoms with Crippen LogP contribution in [0.2, 0.25) is 0 Å². The van der Waals surface area contributed by atoms with Crippen molar-refractivity contribution in [3.63, 3.8) is 0 Å². The zero-order valence-corrected chi connectivity index (χ0v) is 12.1. The highest BCUT2D eigenvalue weighted by Crippen LogP contribution is 2.26. The van der Waals surface area contributed by atoms with E-state index in [-0.39, 0.29) is 6.04 Å². The molecule has 5 heteroatoms. The summed E-state index contributed by atoms with van der Waals surface area (Å²) in [5.74, 6) is 0.567. The van der Waals surface area contributed by atoms with E-state index in [0.29, 0.717) is 11.6 Å². The van der Waals surface area contributed by atoms with Crippen LogP contribution in [0.5, 0.6) is 0 Å². The maximum atomic E-state index is 9.30. The molecule has 2 heterocycles. The van der Waals surface area contributed by atoms with Crippen molar-refractivity contribution in [2.24, 2.45) is 5.92 Å². The van der Waals surface area contributed by atoms with Crippen molar-refractivity contribution in [2.45, 2.75) is 25.8 Å². The molecule has 0 radical (unpaired) electrons. The number of hydrogen-bond donors (Lipinski definition) is 2. The Hall–Kier alpha value is -2.19. The van der Waals surface area contributed by atoms with Gasteiger partial charge < -0.3 is 10.6 Å². The molecule has 0 bridgehead atoms. The summed E-state index contributed by atoms with van der Waals surface area (Å²) in [6.45, 7) is 4.30. The summed E-state index contributed by atoms with van der Waals surface area (Å²) < 4.78 is 0. The standard InChI is InChI=1S/C16H19N5/c1-11(12-5-4-8-18-10-12)19-16-13-6-2-3-7-14(13)20-21-15(16)9-17/h2-3,6-7,11-12,18H,4-5,8,10H2,1H3,(H,19,20). The summed E-state index contributed by atoms with van der Waals surface area (Å²) in [4.78, 5) is 0. The normalized spacial score (nSPS) is 19.9. The third-order valence-electron chi connectivity index (χ3n) is 4.19. The zero-order chi connectivity index (χ0) is 14.7. The Bertz CT molecular complexity index is 670. The van der Waals surface area contributed by atoms with Crippen LogP contribution >= 0.6 is 0 Å². The van der Waals surface area contributed by atoms with Crippen LogP contribution < -0.4 is 10.6 Å². The van der Waals surface area contributed by atoms with Crippen LogP contribution in [0.3, 0.4) is 0 Å². The number of nitriles is 1. The molecule has 2 unspecified atom stereocenters. The quantitative estimate of drug-likeness (QED) is 0.903. The highest BCUT2D eigenvalue weighted by Gasteiger charge is 2.21. The number of benzene rings is 1. The van der Waals surface area contributed by atoms with E-state index in [1.165, 1.54) is 12.8 Å². The van der Waals surface area contributed by atoms with Gasteiger partial charge in [-0.25, -0.2) is 0 Å². The number of nitrogens with one attached hydrogen (secondary N) is 2. The van der Waals surface area contributed by atoms with Crippen LogP contribution in [-0.4, -0.2) is 29.3 Å². The third-order valence-corrected chi connectivity index (χ3v) is 4.19. The van der Waals surface area contributed by atoms with Gasteiger partial charge in [-0.15, -0.1) is 10.2 Å². The lowest BCUT2D eigenvalue weighted by molar-refractivity contribution is 0.347. The molecule has 1 aliphatic heterocycles. The molecule has 1 fully saturated rings. The average Bonchev–Trinajstić information content (AvgIpc) is 2.56. The van der Waals surface area contributed by atoms with Crippen LogP contribution in [0.1, 0.15) is 25.5 Å². The second-order valence-corrected chi connectivity index (χ2v) is 5.59. The van der Waals surface area contributed by atoms with Crippen molar-refractivity contribution in [3.8, 4) is 6.07 Å². The highest BCUT2D eigenvalue weighted by molar-refractivity contribution is 5.92. The van der Waals surface area contributed by atoms with E-state index >= 15 is 0 Å². The average molecular weight is 281 g/mol. The molecule has 2 atom stereocenters. The van der Waals surface area contributed by atoms with E-state index in [0.717, 1.165) is 29.7 Å². The van der Waals surface area contributed by atoms with Crippen molar-refractivity contribution >= 4 is 16.6 Å². The summed E-state index contributed by atoms with van der Waals surface area (Å²) >= 11 is 0. The SMILES string of the molecule is CC(Nc1c(C#N)nnc2ccccc12)C1CCCNC1. The zero-order valence-electron chi connectivity index (χ0n) is 12.1. The number of rotatable bonds is 3. The first-order chi connectivity index (χ1) is 10.3. The highest BCUT2D eigenvalue weighted by atomic mass is 15.1. The molecule has 1 aliphatic rings. The maximum absolute atomic E-state index is 9.30. The van der Waals surface area contributed by atoms with Crippen LogP contribution in [-0.2, 0) is 0 Å². The first kappa shape index (κ1) is 13.8. The van der Waals surface area contributed by atoms with Crippen LogP contribution in [0.4, 0.5) is 5.69 Å². The fourth-order valence-electron chi connectivity index (χ4n) is 2.93. The van der Waals surface area contributed by atoms with Gasteiger partial charge >= 0.3 is 0 Å². The molecular formula is C16H19N5. The fraction of sp³-hybridized carbons (Fsp3) is 0.438. The van der Waals surface area contributed by atoms with E-state index in [1.807, 2.05) is 24.3 Å². The first-order valence-corrected chi connectivity index (χ1v) is 7.42. The lowest BCUT2D eigenvalue weighted by Gasteiger charge is -2.30. The molecule has 3 rings (SSSR count). The second-order valence-electron chi connectivity index (χ2n) is 5.59. The van der Waals surface area contributed by atoms with Gasteiger partial charge in [-0.2, -0.15) is 5.26 Å². The lowest BCUT2D eigenvalue weighted by atomic mass is 9.92. The Morgan fingerprint density at radius 2 is 2.24 bits per heavy atom. The van der Waals surface area contributed by atoms with Gasteiger partial charge in [-0.1, -0.05) is 18.2 Å². The van der Waals surface area contributed by atoms with Crippen LogP contribution in [0.15, 0.2) is 24.3 Å². The molecule has 5 nitrogen and oxygen atoms in total. The number of nitrogens with zero attached hydrogens (tertiary/aromatic N) is 3. The molecule has 0 amide bonds. The largest absolute Gasteiger partial charge is 0.379 e. The van der Waals surface area contributed by atoms with Gasteiger partial charge in [0.2, 0.25) is 0 Å². The summed E-state index contributed by atoms with van der Waals surface area (Å²) in [5, 5.41) is 25.3. The van der Waals surface area contributed by atoms with Gasteiger partial charge in [0.15, 0.2) is 5.69 Å². The molecule has 2 N–H and O–H groups in total. The summed E-state index contributed by atoms with van der Waals surface area (Å²) in [5.41, 5.74) is 1.98. The number of fused-ring (bicyclic) bond motifs is 1. The van der Waals surface area contributed by atoms with Crippen molar-refractivity contribution in [1.82, 2.24) is 15.5 Å². The molecule has 0 aliphatic carbocycles. The van der Waals surface area contributed by atoms with Gasteiger partial charge in [0, 0.05) is 11.4 Å². The van der Waals surface area contributed by atoms with E-state index < -0.39 is 0 Å².